The summed E-state index contributed by atoms with van der Waals surface area (Å²) < 4.78 is 5.55. The largest absolute Gasteiger partial charge is 0.448 e. The van der Waals surface area contributed by atoms with Gasteiger partial charge in [-0.3, -0.25) is 14.9 Å². The topological polar surface area (TPSA) is 116 Å². The maximum Gasteiger partial charge on any atom is 0.411 e. The smallest absolute Gasteiger partial charge is 0.411 e. The average molecular weight is 524 g/mol. The Balaban J connectivity index is 1.42. The number of H-pyrrole nitrogens is 1. The second-order valence-corrected chi connectivity index (χ2v) is 9.44. The van der Waals surface area contributed by atoms with Crippen molar-refractivity contribution >= 4 is 35.2 Å². The first kappa shape index (κ1) is 26.2. The van der Waals surface area contributed by atoms with Crippen molar-refractivity contribution in [3.8, 4) is 0 Å². The molecule has 194 valence electrons. The number of amides is 3. The van der Waals surface area contributed by atoms with Crippen LogP contribution >= 0.6 is 11.6 Å². The van der Waals surface area contributed by atoms with E-state index in [2.05, 4.69) is 27.5 Å². The van der Waals surface area contributed by atoms with Gasteiger partial charge in [0.2, 0.25) is 5.91 Å². The fourth-order valence-electron chi connectivity index (χ4n) is 4.29. The Morgan fingerprint density at radius 1 is 1.11 bits per heavy atom. The Labute approximate surface area is 220 Å². The van der Waals surface area contributed by atoms with Crippen molar-refractivity contribution in [2.24, 2.45) is 5.41 Å². The molecule has 0 radical (unpaired) electrons. The summed E-state index contributed by atoms with van der Waals surface area (Å²) in [5.74, 6) is -0.234. The maximum atomic E-state index is 13.5. The summed E-state index contributed by atoms with van der Waals surface area (Å²) in [6.07, 6.45) is 4.02. The zero-order chi connectivity index (χ0) is 26.3. The molecule has 3 amide bonds. The number of piperidine rings is 1. The summed E-state index contributed by atoms with van der Waals surface area (Å²) in [6, 6.07) is 14.8. The predicted octanol–water partition coefficient (Wildman–Crippen LogP) is 4.41. The standard InChI is InChI=1S/C27H30ClN5O4/c1-2-19-7-9-21(10-8-19)32-26(36)37-18-27(25(35)31-17-20-5-3-4-6-22(20)28)11-15-33(16-12-27)24(34)23-29-13-14-30-23/h3-10,13-14H,2,11-12,15-18H2,1H3,(H,29,30)(H,31,35)(H,32,36). The van der Waals surface area contributed by atoms with Crippen LogP contribution < -0.4 is 10.6 Å². The lowest BCUT2D eigenvalue weighted by Crippen LogP contribution is -2.52. The number of anilines is 1. The van der Waals surface area contributed by atoms with Crippen LogP contribution in [0, 0.1) is 5.41 Å². The van der Waals surface area contributed by atoms with E-state index in [4.69, 9.17) is 16.3 Å². The van der Waals surface area contributed by atoms with Crippen LogP contribution in [0.4, 0.5) is 10.5 Å². The van der Waals surface area contributed by atoms with Crippen LogP contribution in [0.5, 0.6) is 0 Å². The lowest BCUT2D eigenvalue weighted by atomic mass is 9.78. The molecule has 3 N–H and O–H groups in total. The van der Waals surface area contributed by atoms with Gasteiger partial charge in [0.05, 0.1) is 5.41 Å². The molecule has 0 saturated carbocycles. The molecule has 1 aliphatic rings. The monoisotopic (exact) mass is 523 g/mol. The number of carbonyl (C=O) groups is 3. The van der Waals surface area contributed by atoms with E-state index in [-0.39, 0.29) is 30.8 Å². The van der Waals surface area contributed by atoms with Gasteiger partial charge in [0.25, 0.3) is 5.91 Å². The third kappa shape index (κ3) is 6.48. The van der Waals surface area contributed by atoms with Crippen molar-refractivity contribution in [3.05, 3.63) is 82.9 Å². The summed E-state index contributed by atoms with van der Waals surface area (Å²) in [5, 5.41) is 6.22. The molecule has 3 aromatic rings. The third-order valence-corrected chi connectivity index (χ3v) is 7.04. The van der Waals surface area contributed by atoms with Crippen LogP contribution in [0.25, 0.3) is 0 Å². The van der Waals surface area contributed by atoms with Crippen molar-refractivity contribution < 1.29 is 19.1 Å². The summed E-state index contributed by atoms with van der Waals surface area (Å²) in [6.45, 7) is 2.82. The van der Waals surface area contributed by atoms with Gasteiger partial charge in [-0.05, 0) is 48.6 Å². The molecule has 0 unspecified atom stereocenters. The highest BCUT2D eigenvalue weighted by Gasteiger charge is 2.44. The lowest BCUT2D eigenvalue weighted by Gasteiger charge is -2.39. The van der Waals surface area contributed by atoms with Gasteiger partial charge in [0.15, 0.2) is 5.82 Å². The summed E-state index contributed by atoms with van der Waals surface area (Å²) in [5.41, 5.74) is 1.56. The van der Waals surface area contributed by atoms with Crippen LogP contribution in [0.1, 0.15) is 41.5 Å². The van der Waals surface area contributed by atoms with E-state index in [9.17, 15) is 14.4 Å². The quantitative estimate of drug-likeness (QED) is 0.404. The van der Waals surface area contributed by atoms with E-state index in [0.717, 1.165) is 17.5 Å². The number of aromatic nitrogens is 2. The number of nitrogens with one attached hydrogen (secondary N) is 3. The Morgan fingerprint density at radius 3 is 2.49 bits per heavy atom. The van der Waals surface area contributed by atoms with Gasteiger partial charge in [-0.25, -0.2) is 9.78 Å². The van der Waals surface area contributed by atoms with E-state index >= 15 is 0 Å². The van der Waals surface area contributed by atoms with Crippen molar-refractivity contribution in [1.82, 2.24) is 20.2 Å². The summed E-state index contributed by atoms with van der Waals surface area (Å²) in [7, 11) is 0. The SMILES string of the molecule is CCc1ccc(NC(=O)OCC2(C(=O)NCc3ccccc3Cl)CCN(C(=O)c3ncc[nH]3)CC2)cc1. The minimum Gasteiger partial charge on any atom is -0.448 e. The zero-order valence-corrected chi connectivity index (χ0v) is 21.4. The van der Waals surface area contributed by atoms with Crippen LogP contribution in [0.3, 0.4) is 0 Å². The first-order chi connectivity index (χ1) is 17.9. The number of rotatable bonds is 8. The van der Waals surface area contributed by atoms with Gasteiger partial charge < -0.3 is 19.9 Å². The number of carbonyl (C=O) groups excluding carboxylic acids is 3. The molecule has 0 atom stereocenters. The summed E-state index contributed by atoms with van der Waals surface area (Å²) in [4.78, 5) is 47.3. The first-order valence-corrected chi connectivity index (χ1v) is 12.6. The van der Waals surface area contributed by atoms with Gasteiger partial charge in [0.1, 0.15) is 6.61 Å². The third-order valence-electron chi connectivity index (χ3n) is 6.68. The van der Waals surface area contributed by atoms with Crippen LogP contribution in [0.2, 0.25) is 5.02 Å². The minimum atomic E-state index is -0.995. The molecular formula is C27H30ClN5O4. The highest BCUT2D eigenvalue weighted by atomic mass is 35.5. The number of aryl methyl sites for hydroxylation is 1. The number of nitrogens with zero attached hydrogens (tertiary/aromatic N) is 2. The van der Waals surface area contributed by atoms with Gasteiger partial charge in [-0.2, -0.15) is 0 Å². The van der Waals surface area contributed by atoms with Gasteiger partial charge in [-0.1, -0.05) is 48.9 Å². The molecule has 1 fully saturated rings. The van der Waals surface area contributed by atoms with Gasteiger partial charge in [-0.15, -0.1) is 0 Å². The molecule has 10 heteroatoms. The van der Waals surface area contributed by atoms with E-state index in [1.165, 1.54) is 6.20 Å². The molecule has 0 aliphatic carbocycles. The molecule has 4 rings (SSSR count). The van der Waals surface area contributed by atoms with Crippen molar-refractivity contribution in [3.63, 3.8) is 0 Å². The van der Waals surface area contributed by atoms with Crippen molar-refractivity contribution in [1.29, 1.82) is 0 Å². The fourth-order valence-corrected chi connectivity index (χ4v) is 4.50. The van der Waals surface area contributed by atoms with Crippen LogP contribution in [-0.4, -0.2) is 52.5 Å². The molecule has 1 aromatic heterocycles. The van der Waals surface area contributed by atoms with E-state index in [1.54, 1.807) is 17.2 Å². The lowest BCUT2D eigenvalue weighted by molar-refractivity contribution is -0.136. The summed E-state index contributed by atoms with van der Waals surface area (Å²) >= 11 is 6.25. The Morgan fingerprint density at radius 2 is 1.84 bits per heavy atom. The predicted molar refractivity (Wildman–Crippen MR) is 140 cm³/mol. The van der Waals surface area contributed by atoms with E-state index < -0.39 is 11.5 Å². The molecule has 0 spiro atoms. The van der Waals surface area contributed by atoms with Crippen molar-refractivity contribution in [2.75, 3.05) is 25.0 Å². The Kier molecular flexibility index (Phi) is 8.45. The second-order valence-electron chi connectivity index (χ2n) is 9.04. The highest BCUT2D eigenvalue weighted by Crippen LogP contribution is 2.33. The van der Waals surface area contributed by atoms with Gasteiger partial charge >= 0.3 is 6.09 Å². The number of aromatic amines is 1. The second kappa shape index (κ2) is 11.9. The van der Waals surface area contributed by atoms with Crippen LogP contribution in [-0.2, 0) is 22.5 Å². The fraction of sp³-hybridized carbons (Fsp3) is 0.333. The molecule has 2 heterocycles. The first-order valence-electron chi connectivity index (χ1n) is 12.2. The molecule has 37 heavy (non-hydrogen) atoms. The molecule has 9 nitrogen and oxygen atoms in total. The van der Waals surface area contributed by atoms with Gasteiger partial charge in [0, 0.05) is 42.7 Å². The number of benzene rings is 2. The molecule has 1 saturated heterocycles. The molecule has 1 aliphatic heterocycles. The van der Waals surface area contributed by atoms with E-state index in [1.807, 2.05) is 42.5 Å². The molecule has 0 bridgehead atoms. The number of hydrogen-bond donors (Lipinski definition) is 3. The highest BCUT2D eigenvalue weighted by molar-refractivity contribution is 6.31. The van der Waals surface area contributed by atoms with Crippen LogP contribution in [0.15, 0.2) is 60.9 Å². The number of likely N-dealkylation sites (tertiary alicyclic amines) is 1. The number of hydrogen-bond acceptors (Lipinski definition) is 5. The Hall–Kier alpha value is -3.85. The molecular weight excluding hydrogens is 494 g/mol. The maximum absolute atomic E-state index is 13.5. The molecule has 2 aromatic carbocycles. The number of imidazole rings is 1. The number of ether oxygens (including phenoxy) is 1. The number of halogens is 1. The van der Waals surface area contributed by atoms with E-state index in [0.29, 0.717) is 36.6 Å². The van der Waals surface area contributed by atoms with Crippen molar-refractivity contribution in [2.45, 2.75) is 32.7 Å². The Bertz CT molecular complexity index is 1220. The average Bonchev–Trinajstić information content (AvgIpc) is 3.47. The normalized spacial score (nSPS) is 14.6. The minimum absolute atomic E-state index is 0.122. The zero-order valence-electron chi connectivity index (χ0n) is 20.6.